The van der Waals surface area contributed by atoms with Crippen molar-refractivity contribution in [3.05, 3.63) is 11.6 Å². The number of halogens is 2. The second kappa shape index (κ2) is 9.59. The molecule has 0 saturated carbocycles. The number of rotatable bonds is 4. The third-order valence-electron chi connectivity index (χ3n) is 4.88. The van der Waals surface area contributed by atoms with Crippen LogP contribution in [0.5, 0.6) is 0 Å². The highest BCUT2D eigenvalue weighted by atomic mass is 35.5. The first-order valence-electron chi connectivity index (χ1n) is 8.55. The number of hydrogen-bond acceptors (Lipinski definition) is 4. The highest BCUT2D eigenvalue weighted by Gasteiger charge is 2.25. The largest absolute Gasteiger partial charge is 0.333 e. The maximum absolute atomic E-state index is 12.4. The number of fused-ring (bicyclic) bond motifs is 1. The fraction of sp³-hybridized carbons (Fsp3) is 0.812. The van der Waals surface area contributed by atoms with Crippen molar-refractivity contribution >= 4 is 30.7 Å². The van der Waals surface area contributed by atoms with Gasteiger partial charge in [0.15, 0.2) is 5.82 Å². The van der Waals surface area contributed by atoms with Crippen LogP contribution in [-0.2, 0) is 17.9 Å². The molecular formula is C16H29Cl2N5O. The predicted molar refractivity (Wildman–Crippen MR) is 98.9 cm³/mol. The molecule has 24 heavy (non-hydrogen) atoms. The predicted octanol–water partition coefficient (Wildman–Crippen LogP) is 2.37. The molecular weight excluding hydrogens is 349 g/mol. The number of nitrogens with one attached hydrogen (secondary N) is 1. The van der Waals surface area contributed by atoms with Gasteiger partial charge < -0.3 is 14.8 Å². The third-order valence-corrected chi connectivity index (χ3v) is 4.88. The van der Waals surface area contributed by atoms with Crippen LogP contribution in [0.25, 0.3) is 0 Å². The Bertz CT molecular complexity index is 529. The summed E-state index contributed by atoms with van der Waals surface area (Å²) in [5, 5.41) is 11.9. The summed E-state index contributed by atoms with van der Waals surface area (Å²) in [5.41, 5.74) is 0. The normalized spacial score (nSPS) is 17.9. The summed E-state index contributed by atoms with van der Waals surface area (Å²) < 4.78 is 2.18. The van der Waals surface area contributed by atoms with Gasteiger partial charge in [0.25, 0.3) is 0 Å². The zero-order valence-electron chi connectivity index (χ0n) is 14.5. The van der Waals surface area contributed by atoms with Crippen LogP contribution >= 0.6 is 24.8 Å². The van der Waals surface area contributed by atoms with Gasteiger partial charge in [-0.25, -0.2) is 0 Å². The summed E-state index contributed by atoms with van der Waals surface area (Å²) >= 11 is 0. The Morgan fingerprint density at radius 3 is 2.58 bits per heavy atom. The lowest BCUT2D eigenvalue weighted by atomic mass is 9.93. The molecule has 2 aliphatic heterocycles. The number of piperidine rings is 1. The molecule has 1 N–H and O–H groups in total. The zero-order valence-corrected chi connectivity index (χ0v) is 16.2. The summed E-state index contributed by atoms with van der Waals surface area (Å²) in [6, 6.07) is 0. The molecule has 1 saturated heterocycles. The monoisotopic (exact) mass is 377 g/mol. The number of carbonyl (C=O) groups is 1. The molecule has 0 aromatic carbocycles. The second-order valence-corrected chi connectivity index (χ2v) is 6.83. The molecule has 2 aliphatic rings. The summed E-state index contributed by atoms with van der Waals surface area (Å²) in [7, 11) is 0. The Labute approximate surface area is 156 Å². The molecule has 3 rings (SSSR count). The molecule has 138 valence electrons. The van der Waals surface area contributed by atoms with Crippen molar-refractivity contribution in [2.75, 3.05) is 19.6 Å². The smallest absolute Gasteiger partial charge is 0.223 e. The van der Waals surface area contributed by atoms with E-state index in [0.717, 1.165) is 44.2 Å². The fourth-order valence-corrected chi connectivity index (χ4v) is 3.48. The van der Waals surface area contributed by atoms with Crippen LogP contribution in [0.2, 0.25) is 0 Å². The number of nitrogens with zero attached hydrogens (tertiary/aromatic N) is 4. The first-order valence-corrected chi connectivity index (χ1v) is 8.55. The average molecular weight is 378 g/mol. The summed E-state index contributed by atoms with van der Waals surface area (Å²) in [6.07, 6.45) is 4.12. The summed E-state index contributed by atoms with van der Waals surface area (Å²) in [4.78, 5) is 14.4. The van der Waals surface area contributed by atoms with E-state index < -0.39 is 0 Å². The second-order valence-electron chi connectivity index (χ2n) is 6.83. The minimum Gasteiger partial charge on any atom is -0.333 e. The highest BCUT2D eigenvalue weighted by Crippen LogP contribution is 2.21. The molecule has 8 heteroatoms. The average Bonchev–Trinajstić information content (AvgIpc) is 2.97. The molecule has 1 aromatic heterocycles. The Kier molecular flexibility index (Phi) is 8.46. The molecule has 1 fully saturated rings. The Morgan fingerprint density at radius 1 is 1.21 bits per heavy atom. The van der Waals surface area contributed by atoms with Crippen LogP contribution in [0.3, 0.4) is 0 Å². The van der Waals surface area contributed by atoms with Gasteiger partial charge in [-0.1, -0.05) is 13.8 Å². The van der Waals surface area contributed by atoms with E-state index in [1.165, 1.54) is 12.8 Å². The highest BCUT2D eigenvalue weighted by molar-refractivity contribution is 5.85. The van der Waals surface area contributed by atoms with Crippen molar-refractivity contribution in [2.45, 2.75) is 58.5 Å². The van der Waals surface area contributed by atoms with Gasteiger partial charge in [0, 0.05) is 25.4 Å². The van der Waals surface area contributed by atoms with Gasteiger partial charge >= 0.3 is 0 Å². The summed E-state index contributed by atoms with van der Waals surface area (Å²) in [6.45, 7) is 8.70. The third kappa shape index (κ3) is 4.83. The molecule has 0 unspecified atom stereocenters. The van der Waals surface area contributed by atoms with E-state index in [1.54, 1.807) is 0 Å². The molecule has 3 heterocycles. The maximum atomic E-state index is 12.4. The molecule has 0 spiro atoms. The first kappa shape index (κ1) is 21.2. The summed E-state index contributed by atoms with van der Waals surface area (Å²) in [5.74, 6) is 3.34. The molecule has 0 aliphatic carbocycles. The Balaban J connectivity index is 0.00000144. The molecule has 1 aromatic rings. The topological polar surface area (TPSA) is 63.1 Å². The number of carbonyl (C=O) groups excluding carboxylic acids is 1. The van der Waals surface area contributed by atoms with E-state index in [9.17, 15) is 4.79 Å². The lowest BCUT2D eigenvalue weighted by Crippen LogP contribution is -2.39. The van der Waals surface area contributed by atoms with Gasteiger partial charge in [0.05, 0.1) is 6.54 Å². The standard InChI is InChI=1S/C16H27N5O.2ClH/c1-12(2)16-19-18-14-11-20(9-10-21(14)16)15(22)4-3-13-5-7-17-8-6-13;;/h12-13,17H,3-11H2,1-2H3;2*1H. The minimum atomic E-state index is 0. The van der Waals surface area contributed by atoms with Gasteiger partial charge in [0.2, 0.25) is 5.91 Å². The van der Waals surface area contributed by atoms with Crippen LogP contribution < -0.4 is 5.32 Å². The number of amides is 1. The van der Waals surface area contributed by atoms with Gasteiger partial charge in [-0.2, -0.15) is 0 Å². The zero-order chi connectivity index (χ0) is 15.5. The van der Waals surface area contributed by atoms with Gasteiger partial charge in [-0.05, 0) is 38.3 Å². The molecule has 1 amide bonds. The van der Waals surface area contributed by atoms with E-state index in [-0.39, 0.29) is 30.7 Å². The van der Waals surface area contributed by atoms with E-state index in [0.29, 0.717) is 24.8 Å². The van der Waals surface area contributed by atoms with Crippen molar-refractivity contribution in [1.29, 1.82) is 0 Å². The molecule has 0 radical (unpaired) electrons. The molecule has 0 bridgehead atoms. The van der Waals surface area contributed by atoms with Crippen LogP contribution in [0.4, 0.5) is 0 Å². The van der Waals surface area contributed by atoms with E-state index in [4.69, 9.17) is 0 Å². The van der Waals surface area contributed by atoms with Gasteiger partial charge in [-0.15, -0.1) is 35.0 Å². The fourth-order valence-electron chi connectivity index (χ4n) is 3.48. The van der Waals surface area contributed by atoms with Gasteiger partial charge in [-0.3, -0.25) is 4.79 Å². The molecule has 0 atom stereocenters. The van der Waals surface area contributed by atoms with E-state index in [1.807, 2.05) is 4.90 Å². The molecule has 6 nitrogen and oxygen atoms in total. The Morgan fingerprint density at radius 2 is 1.92 bits per heavy atom. The van der Waals surface area contributed by atoms with Crippen LogP contribution in [0, 0.1) is 5.92 Å². The van der Waals surface area contributed by atoms with Crippen molar-refractivity contribution in [2.24, 2.45) is 5.92 Å². The van der Waals surface area contributed by atoms with Crippen molar-refractivity contribution in [3.63, 3.8) is 0 Å². The van der Waals surface area contributed by atoms with E-state index >= 15 is 0 Å². The van der Waals surface area contributed by atoms with Crippen molar-refractivity contribution in [1.82, 2.24) is 25.0 Å². The van der Waals surface area contributed by atoms with Gasteiger partial charge in [0.1, 0.15) is 5.82 Å². The lowest BCUT2D eigenvalue weighted by Gasteiger charge is -2.29. The van der Waals surface area contributed by atoms with Crippen molar-refractivity contribution in [3.8, 4) is 0 Å². The quantitative estimate of drug-likeness (QED) is 0.874. The van der Waals surface area contributed by atoms with Crippen LogP contribution in [0.15, 0.2) is 0 Å². The van der Waals surface area contributed by atoms with E-state index in [2.05, 4.69) is 33.9 Å². The maximum Gasteiger partial charge on any atom is 0.223 e. The van der Waals surface area contributed by atoms with Crippen LogP contribution in [-0.4, -0.2) is 45.2 Å². The minimum absolute atomic E-state index is 0. The van der Waals surface area contributed by atoms with Crippen molar-refractivity contribution < 1.29 is 4.79 Å². The SMILES string of the molecule is CC(C)c1nnc2n1CCN(C(=O)CCC1CCNCC1)C2.Cl.Cl. The number of hydrogen-bond donors (Lipinski definition) is 1. The first-order chi connectivity index (χ1) is 10.6. The van der Waals surface area contributed by atoms with Crippen LogP contribution in [0.1, 0.15) is 57.1 Å². The lowest BCUT2D eigenvalue weighted by molar-refractivity contribution is -0.133. The Hall–Kier alpha value is -0.850. The number of aromatic nitrogens is 3.